The van der Waals surface area contributed by atoms with E-state index in [1.807, 2.05) is 24.3 Å². The molecule has 0 aromatic heterocycles. The second kappa shape index (κ2) is 8.56. The molecule has 0 amide bonds. The number of benzene rings is 2. The highest BCUT2D eigenvalue weighted by atomic mass is 16.7. The summed E-state index contributed by atoms with van der Waals surface area (Å²) >= 11 is 0. The molecule has 1 fully saturated rings. The van der Waals surface area contributed by atoms with Crippen LogP contribution in [0.1, 0.15) is 18.1 Å². The van der Waals surface area contributed by atoms with Gasteiger partial charge in [-0.05, 0) is 36.2 Å². The summed E-state index contributed by atoms with van der Waals surface area (Å²) in [7, 11) is 1.60. The Labute approximate surface area is 169 Å². The van der Waals surface area contributed by atoms with Crippen molar-refractivity contribution < 1.29 is 34.6 Å². The third-order valence-corrected chi connectivity index (χ3v) is 5.17. The number of aliphatic hydroxyl groups excluding tert-OH is 4. The molecule has 2 aromatic carbocycles. The summed E-state index contributed by atoms with van der Waals surface area (Å²) in [6, 6.07) is 12.7. The van der Waals surface area contributed by atoms with Crippen LogP contribution in [0.15, 0.2) is 42.5 Å². The molecule has 1 saturated heterocycles. The fraction of sp³-hybridized carbons (Fsp3) is 0.429. The van der Waals surface area contributed by atoms with Crippen LogP contribution < -0.4 is 15.2 Å². The van der Waals surface area contributed by atoms with Gasteiger partial charge in [-0.2, -0.15) is 0 Å². The molecule has 3 rings (SSSR count). The Bertz CT molecular complexity index is 828. The van der Waals surface area contributed by atoms with Gasteiger partial charge in [0.25, 0.3) is 0 Å². The fourth-order valence-corrected chi connectivity index (χ4v) is 3.25. The van der Waals surface area contributed by atoms with Gasteiger partial charge in [0.05, 0.1) is 13.7 Å². The monoisotopic (exact) mass is 405 g/mol. The Balaban J connectivity index is 1.85. The summed E-state index contributed by atoms with van der Waals surface area (Å²) in [5, 5.41) is 40.2. The molecule has 1 heterocycles. The van der Waals surface area contributed by atoms with E-state index in [4.69, 9.17) is 19.9 Å². The lowest BCUT2D eigenvalue weighted by molar-refractivity contribution is -0.313. The van der Waals surface area contributed by atoms with Crippen LogP contribution in [0, 0.1) is 0 Å². The number of rotatable bonds is 6. The Kier molecular flexibility index (Phi) is 6.30. The molecule has 2 aromatic rings. The zero-order valence-electron chi connectivity index (χ0n) is 16.4. The minimum Gasteiger partial charge on any atom is -0.497 e. The Morgan fingerprint density at radius 3 is 2.38 bits per heavy atom. The van der Waals surface area contributed by atoms with Crippen LogP contribution in [-0.2, 0) is 11.2 Å². The Morgan fingerprint density at radius 1 is 1.07 bits per heavy atom. The van der Waals surface area contributed by atoms with E-state index in [0.717, 1.165) is 16.9 Å². The molecule has 0 unspecified atom stereocenters. The van der Waals surface area contributed by atoms with Crippen LogP contribution in [0.2, 0.25) is 0 Å². The number of ether oxygens (including phenoxy) is 3. The summed E-state index contributed by atoms with van der Waals surface area (Å²) in [4.78, 5) is 0. The van der Waals surface area contributed by atoms with Gasteiger partial charge in [-0.1, -0.05) is 18.2 Å². The largest absolute Gasteiger partial charge is 0.497 e. The average molecular weight is 405 g/mol. The molecule has 29 heavy (non-hydrogen) atoms. The third-order valence-electron chi connectivity index (χ3n) is 5.17. The maximum absolute atomic E-state index is 10.3. The van der Waals surface area contributed by atoms with Crippen molar-refractivity contribution in [2.45, 2.75) is 43.5 Å². The van der Waals surface area contributed by atoms with Gasteiger partial charge in [-0.3, -0.25) is 0 Å². The van der Waals surface area contributed by atoms with Crippen LogP contribution in [0.25, 0.3) is 0 Å². The first-order chi connectivity index (χ1) is 13.8. The van der Waals surface area contributed by atoms with Crippen molar-refractivity contribution in [1.82, 2.24) is 0 Å². The molecule has 8 heteroatoms. The highest BCUT2D eigenvalue weighted by molar-refractivity contribution is 5.50. The van der Waals surface area contributed by atoms with Gasteiger partial charge in [0.2, 0.25) is 6.29 Å². The Morgan fingerprint density at radius 2 is 1.76 bits per heavy atom. The number of nitrogens with two attached hydrogens (primary N) is 1. The van der Waals surface area contributed by atoms with E-state index in [9.17, 15) is 20.4 Å². The predicted molar refractivity (Wildman–Crippen MR) is 106 cm³/mol. The minimum atomic E-state index is -1.54. The number of aliphatic hydroxyl groups is 4. The molecule has 5 atom stereocenters. The van der Waals surface area contributed by atoms with E-state index in [-0.39, 0.29) is 0 Å². The van der Waals surface area contributed by atoms with Gasteiger partial charge in [-0.25, -0.2) is 0 Å². The maximum atomic E-state index is 10.3. The lowest BCUT2D eigenvalue weighted by atomic mass is 9.89. The number of anilines is 1. The molecule has 0 saturated carbocycles. The molecule has 6 N–H and O–H groups in total. The van der Waals surface area contributed by atoms with E-state index < -0.39 is 36.8 Å². The highest BCUT2D eigenvalue weighted by Gasteiger charge is 2.51. The van der Waals surface area contributed by atoms with Gasteiger partial charge in [-0.15, -0.1) is 0 Å². The van der Waals surface area contributed by atoms with Gasteiger partial charge in [0.15, 0.2) is 0 Å². The fourth-order valence-electron chi connectivity index (χ4n) is 3.25. The molecular weight excluding hydrogens is 378 g/mol. The molecular formula is C21H27NO7. The number of methoxy groups -OCH3 is 1. The van der Waals surface area contributed by atoms with Crippen LogP contribution in [-0.4, -0.2) is 64.3 Å². The van der Waals surface area contributed by atoms with Crippen molar-refractivity contribution in [3.8, 4) is 11.5 Å². The normalized spacial score (nSPS) is 29.4. The van der Waals surface area contributed by atoms with Crippen LogP contribution in [0.4, 0.5) is 5.69 Å². The molecule has 0 radical (unpaired) electrons. The van der Waals surface area contributed by atoms with E-state index in [2.05, 4.69) is 0 Å². The summed E-state index contributed by atoms with van der Waals surface area (Å²) < 4.78 is 16.6. The lowest BCUT2D eigenvalue weighted by Gasteiger charge is -2.45. The molecule has 0 bridgehead atoms. The van der Waals surface area contributed by atoms with Gasteiger partial charge in [0, 0.05) is 18.2 Å². The first kappa shape index (κ1) is 21.4. The number of hydrogen-bond donors (Lipinski definition) is 5. The molecule has 1 aliphatic heterocycles. The molecule has 158 valence electrons. The standard InChI is InChI=1S/C21H27NO7/c1-21(11-23)19(26)17(24)18(25)20(29-21)28-16-10-14(22)6-5-13(16)9-12-3-7-15(27-2)8-4-12/h3-8,10,17-20,23-26H,9,11,22H2,1-2H3/t17-,18-,19+,20-,21-/m1/s1. The maximum Gasteiger partial charge on any atom is 0.229 e. The number of hydrogen-bond acceptors (Lipinski definition) is 8. The van der Waals surface area contributed by atoms with E-state index in [1.165, 1.54) is 6.92 Å². The van der Waals surface area contributed by atoms with Crippen LogP contribution >= 0.6 is 0 Å². The topological polar surface area (TPSA) is 135 Å². The smallest absolute Gasteiger partial charge is 0.229 e. The van der Waals surface area contributed by atoms with Crippen molar-refractivity contribution in [1.29, 1.82) is 0 Å². The van der Waals surface area contributed by atoms with Crippen molar-refractivity contribution in [2.75, 3.05) is 19.5 Å². The SMILES string of the molecule is COc1ccc(Cc2ccc(N)cc2O[C@@H]2O[C@](C)(CO)[C@@H](O)[C@H](O)[C@H]2O)cc1. The lowest BCUT2D eigenvalue weighted by Crippen LogP contribution is -2.65. The second-order valence-corrected chi connectivity index (χ2v) is 7.39. The van der Waals surface area contributed by atoms with E-state index in [0.29, 0.717) is 17.9 Å². The van der Waals surface area contributed by atoms with Crippen LogP contribution in [0.5, 0.6) is 11.5 Å². The zero-order valence-corrected chi connectivity index (χ0v) is 16.4. The second-order valence-electron chi connectivity index (χ2n) is 7.39. The van der Waals surface area contributed by atoms with E-state index in [1.54, 1.807) is 25.3 Å². The average Bonchev–Trinajstić information content (AvgIpc) is 2.73. The van der Waals surface area contributed by atoms with Gasteiger partial charge in [0.1, 0.15) is 35.4 Å². The molecule has 1 aliphatic rings. The van der Waals surface area contributed by atoms with Crippen molar-refractivity contribution in [2.24, 2.45) is 0 Å². The summed E-state index contributed by atoms with van der Waals surface area (Å²) in [5.74, 6) is 1.12. The molecule has 0 aliphatic carbocycles. The van der Waals surface area contributed by atoms with Crippen molar-refractivity contribution in [3.63, 3.8) is 0 Å². The quantitative estimate of drug-likeness (QED) is 0.437. The third kappa shape index (κ3) is 4.47. The molecule has 0 spiro atoms. The van der Waals surface area contributed by atoms with Gasteiger partial charge >= 0.3 is 0 Å². The first-order valence-corrected chi connectivity index (χ1v) is 9.28. The summed E-state index contributed by atoms with van der Waals surface area (Å²) in [6.45, 7) is 0.869. The Hall–Kier alpha value is -2.36. The van der Waals surface area contributed by atoms with Crippen molar-refractivity contribution >= 4 is 5.69 Å². The molecule has 8 nitrogen and oxygen atoms in total. The highest BCUT2D eigenvalue weighted by Crippen LogP contribution is 2.33. The zero-order chi connectivity index (χ0) is 21.2. The van der Waals surface area contributed by atoms with Crippen molar-refractivity contribution in [3.05, 3.63) is 53.6 Å². The summed E-state index contributed by atoms with van der Waals surface area (Å²) in [5.41, 5.74) is 6.65. The number of nitrogen functional groups attached to an aromatic ring is 1. The minimum absolute atomic E-state index is 0.369. The predicted octanol–water partition coefficient (Wildman–Crippen LogP) is 0.437. The first-order valence-electron chi connectivity index (χ1n) is 9.28. The summed E-state index contributed by atoms with van der Waals surface area (Å²) in [6.07, 6.45) is -5.31. The van der Waals surface area contributed by atoms with Gasteiger partial charge < -0.3 is 40.4 Å². The van der Waals surface area contributed by atoms with Crippen LogP contribution in [0.3, 0.4) is 0 Å². The van der Waals surface area contributed by atoms with E-state index >= 15 is 0 Å².